The molecular formula is C16H21NO3. The summed E-state index contributed by atoms with van der Waals surface area (Å²) < 4.78 is 4.76. The predicted octanol–water partition coefficient (Wildman–Crippen LogP) is 3.26. The molecule has 0 aromatic heterocycles. The maximum Gasteiger partial charge on any atom is 0.330 e. The first-order valence-electron chi connectivity index (χ1n) is 6.76. The summed E-state index contributed by atoms with van der Waals surface area (Å²) in [5.41, 5.74) is 1.94. The highest BCUT2D eigenvalue weighted by molar-refractivity contribution is 5.93. The molecule has 0 saturated heterocycles. The summed E-state index contributed by atoms with van der Waals surface area (Å²) in [6.07, 6.45) is 3.91. The van der Waals surface area contributed by atoms with Gasteiger partial charge in [-0.25, -0.2) is 4.79 Å². The highest BCUT2D eigenvalue weighted by atomic mass is 16.5. The monoisotopic (exact) mass is 275 g/mol. The minimum atomic E-state index is -0.519. The van der Waals surface area contributed by atoms with Crippen molar-refractivity contribution in [1.29, 1.82) is 0 Å². The van der Waals surface area contributed by atoms with Crippen molar-refractivity contribution in [3.8, 4) is 0 Å². The Labute approximate surface area is 119 Å². The Morgan fingerprint density at radius 3 is 2.50 bits per heavy atom. The van der Waals surface area contributed by atoms with Crippen LogP contribution in [0.3, 0.4) is 0 Å². The highest BCUT2D eigenvalue weighted by Crippen LogP contribution is 2.20. The smallest absolute Gasteiger partial charge is 0.330 e. The quantitative estimate of drug-likeness (QED) is 0.640. The average Bonchev–Trinajstić information content (AvgIpc) is 2.45. The Morgan fingerprint density at radius 1 is 1.30 bits per heavy atom. The zero-order valence-corrected chi connectivity index (χ0v) is 12.2. The molecule has 1 amide bonds. The lowest BCUT2D eigenvalue weighted by Gasteiger charge is -2.10. The molecule has 1 atom stereocenters. The fraction of sp³-hybridized carbons (Fsp3) is 0.375. The normalized spacial score (nSPS) is 12.2. The van der Waals surface area contributed by atoms with Crippen LogP contribution in [0.2, 0.25) is 0 Å². The van der Waals surface area contributed by atoms with Gasteiger partial charge in [-0.1, -0.05) is 32.1 Å². The van der Waals surface area contributed by atoms with Gasteiger partial charge in [0.1, 0.15) is 0 Å². The van der Waals surface area contributed by atoms with Gasteiger partial charge in [-0.15, -0.1) is 0 Å². The second kappa shape index (κ2) is 8.15. The summed E-state index contributed by atoms with van der Waals surface area (Å²) in [5.74, 6) is -0.365. The molecule has 4 heteroatoms. The van der Waals surface area contributed by atoms with E-state index < -0.39 is 5.97 Å². The minimum Gasteiger partial charge on any atom is -0.452 e. The number of carbonyl (C=O) groups excluding carboxylic acids is 2. The summed E-state index contributed by atoms with van der Waals surface area (Å²) in [4.78, 5) is 22.6. The van der Waals surface area contributed by atoms with E-state index in [1.54, 1.807) is 13.0 Å². The van der Waals surface area contributed by atoms with Crippen molar-refractivity contribution in [1.82, 2.24) is 0 Å². The molecule has 1 aromatic carbocycles. The molecule has 0 heterocycles. The van der Waals surface area contributed by atoms with Crippen LogP contribution in [0.25, 0.3) is 0 Å². The molecule has 0 saturated carbocycles. The third-order valence-electron chi connectivity index (χ3n) is 3.02. The lowest BCUT2D eigenvalue weighted by Crippen LogP contribution is -2.20. The van der Waals surface area contributed by atoms with Crippen LogP contribution >= 0.6 is 0 Å². The number of hydrogen-bond donors (Lipinski definition) is 1. The zero-order valence-electron chi connectivity index (χ0n) is 12.2. The van der Waals surface area contributed by atoms with Crippen LogP contribution in [0.1, 0.15) is 38.7 Å². The Kier molecular flexibility index (Phi) is 6.50. The van der Waals surface area contributed by atoms with E-state index in [0.717, 1.165) is 6.42 Å². The van der Waals surface area contributed by atoms with Crippen molar-refractivity contribution < 1.29 is 14.3 Å². The molecule has 0 aliphatic heterocycles. The van der Waals surface area contributed by atoms with Crippen LogP contribution in [-0.2, 0) is 14.3 Å². The van der Waals surface area contributed by atoms with Crippen LogP contribution in [0.4, 0.5) is 5.69 Å². The molecule has 0 bridgehead atoms. The standard InChI is InChI=1S/C16H21NO3/c1-4-6-16(19)20-11-15(18)17-14-9-7-13(8-10-14)12(3)5-2/h4,6-10,12H,5,11H2,1-3H3,(H,17,18)/b6-4+/t12-/m1/s1. The van der Waals surface area contributed by atoms with Gasteiger partial charge in [-0.3, -0.25) is 4.79 Å². The van der Waals surface area contributed by atoms with Gasteiger partial charge in [0, 0.05) is 11.8 Å². The van der Waals surface area contributed by atoms with Crippen molar-refractivity contribution in [2.24, 2.45) is 0 Å². The van der Waals surface area contributed by atoms with Gasteiger partial charge < -0.3 is 10.1 Å². The predicted molar refractivity (Wildman–Crippen MR) is 79.6 cm³/mol. The van der Waals surface area contributed by atoms with Gasteiger partial charge in [0.2, 0.25) is 0 Å². The molecule has 0 unspecified atom stereocenters. The molecule has 108 valence electrons. The Morgan fingerprint density at radius 2 is 1.95 bits per heavy atom. The molecule has 1 rings (SSSR count). The molecule has 1 N–H and O–H groups in total. The largest absolute Gasteiger partial charge is 0.452 e. The fourth-order valence-corrected chi connectivity index (χ4v) is 1.65. The number of esters is 1. The number of carbonyl (C=O) groups is 2. The van der Waals surface area contributed by atoms with E-state index in [-0.39, 0.29) is 12.5 Å². The molecule has 4 nitrogen and oxygen atoms in total. The number of benzene rings is 1. The van der Waals surface area contributed by atoms with Gasteiger partial charge in [0.05, 0.1) is 0 Å². The molecule has 0 spiro atoms. The SMILES string of the molecule is C/C=C/C(=O)OCC(=O)Nc1ccc([C@H](C)CC)cc1. The summed E-state index contributed by atoms with van der Waals surface area (Å²) in [7, 11) is 0. The molecule has 0 radical (unpaired) electrons. The van der Waals surface area contributed by atoms with E-state index in [4.69, 9.17) is 4.74 Å². The summed E-state index contributed by atoms with van der Waals surface area (Å²) in [6, 6.07) is 7.70. The summed E-state index contributed by atoms with van der Waals surface area (Å²) in [5, 5.41) is 2.68. The lowest BCUT2D eigenvalue weighted by molar-refractivity contribution is -0.142. The molecule has 1 aromatic rings. The highest BCUT2D eigenvalue weighted by Gasteiger charge is 2.06. The maximum absolute atomic E-state index is 11.6. The van der Waals surface area contributed by atoms with Crippen molar-refractivity contribution >= 4 is 17.6 Å². The zero-order chi connectivity index (χ0) is 15.0. The third kappa shape index (κ3) is 5.26. The number of amides is 1. The topological polar surface area (TPSA) is 55.4 Å². The Balaban J connectivity index is 2.48. The number of anilines is 1. The van der Waals surface area contributed by atoms with Crippen LogP contribution in [-0.4, -0.2) is 18.5 Å². The maximum atomic E-state index is 11.6. The molecule has 0 fully saturated rings. The van der Waals surface area contributed by atoms with Gasteiger partial charge in [-0.05, 0) is 37.0 Å². The van der Waals surface area contributed by atoms with Crippen molar-refractivity contribution in [3.05, 3.63) is 42.0 Å². The fourth-order valence-electron chi connectivity index (χ4n) is 1.65. The van der Waals surface area contributed by atoms with E-state index in [2.05, 4.69) is 19.2 Å². The van der Waals surface area contributed by atoms with E-state index in [0.29, 0.717) is 11.6 Å². The lowest BCUT2D eigenvalue weighted by atomic mass is 9.99. The Bertz CT molecular complexity index is 477. The van der Waals surface area contributed by atoms with Crippen LogP contribution in [0.5, 0.6) is 0 Å². The Hall–Kier alpha value is -2.10. The van der Waals surface area contributed by atoms with Crippen molar-refractivity contribution in [2.75, 3.05) is 11.9 Å². The molecular weight excluding hydrogens is 254 g/mol. The summed E-state index contributed by atoms with van der Waals surface area (Å²) >= 11 is 0. The molecule has 0 aliphatic rings. The first-order valence-corrected chi connectivity index (χ1v) is 6.76. The average molecular weight is 275 g/mol. The van der Waals surface area contributed by atoms with Crippen molar-refractivity contribution in [3.63, 3.8) is 0 Å². The third-order valence-corrected chi connectivity index (χ3v) is 3.02. The van der Waals surface area contributed by atoms with Gasteiger partial charge in [0.15, 0.2) is 6.61 Å². The van der Waals surface area contributed by atoms with Crippen LogP contribution in [0.15, 0.2) is 36.4 Å². The minimum absolute atomic E-state index is 0.281. The first kappa shape index (κ1) is 16.0. The van der Waals surface area contributed by atoms with E-state index >= 15 is 0 Å². The second-order valence-corrected chi connectivity index (χ2v) is 4.59. The van der Waals surface area contributed by atoms with Crippen molar-refractivity contribution in [2.45, 2.75) is 33.1 Å². The second-order valence-electron chi connectivity index (χ2n) is 4.59. The van der Waals surface area contributed by atoms with Gasteiger partial charge in [0.25, 0.3) is 5.91 Å². The number of hydrogen-bond acceptors (Lipinski definition) is 3. The van der Waals surface area contributed by atoms with E-state index in [1.807, 2.05) is 24.3 Å². The molecule has 0 aliphatic carbocycles. The van der Waals surface area contributed by atoms with Gasteiger partial charge >= 0.3 is 5.97 Å². The van der Waals surface area contributed by atoms with E-state index in [9.17, 15) is 9.59 Å². The van der Waals surface area contributed by atoms with Crippen LogP contribution in [0, 0.1) is 0 Å². The van der Waals surface area contributed by atoms with E-state index in [1.165, 1.54) is 11.6 Å². The molecule has 20 heavy (non-hydrogen) atoms. The first-order chi connectivity index (χ1) is 9.56. The van der Waals surface area contributed by atoms with Gasteiger partial charge in [-0.2, -0.15) is 0 Å². The number of allylic oxidation sites excluding steroid dienone is 1. The van der Waals surface area contributed by atoms with Crippen LogP contribution < -0.4 is 5.32 Å². The number of ether oxygens (including phenoxy) is 1. The summed E-state index contributed by atoms with van der Waals surface area (Å²) in [6.45, 7) is 5.73. The number of rotatable bonds is 6. The number of nitrogens with one attached hydrogen (secondary N) is 1.